The maximum Gasteiger partial charge on any atom is 0.126 e. The Morgan fingerprint density at radius 1 is 0.600 bits per heavy atom. The maximum atomic E-state index is 2.71. The molecular formula is C19H35S+. The van der Waals surface area contributed by atoms with Gasteiger partial charge in [0, 0.05) is 0 Å². The van der Waals surface area contributed by atoms with Gasteiger partial charge in [-0.1, -0.05) is 19.3 Å². The number of rotatable bonds is 3. The fourth-order valence-corrected chi connectivity index (χ4v) is 9.85. The summed E-state index contributed by atoms with van der Waals surface area (Å²) in [6.45, 7) is 2.71. The Bertz CT molecular complexity index is 262. The fourth-order valence-electron chi connectivity index (χ4n) is 5.25. The first-order chi connectivity index (χ1) is 9.80. The summed E-state index contributed by atoms with van der Waals surface area (Å²) in [4.78, 5) is 0. The Kier molecular flexibility index (Phi) is 5.39. The van der Waals surface area contributed by atoms with Gasteiger partial charge in [-0.05, 0) is 94.9 Å². The first-order valence-corrected chi connectivity index (χ1v) is 10.9. The van der Waals surface area contributed by atoms with Crippen molar-refractivity contribution < 1.29 is 0 Å². The van der Waals surface area contributed by atoms with E-state index in [-0.39, 0.29) is 0 Å². The van der Waals surface area contributed by atoms with Crippen LogP contribution in [0.5, 0.6) is 0 Å². The topological polar surface area (TPSA) is 0 Å². The van der Waals surface area contributed by atoms with Crippen molar-refractivity contribution in [3.8, 4) is 0 Å². The number of hydrogen-bond donors (Lipinski definition) is 0. The molecule has 0 heterocycles. The summed E-state index contributed by atoms with van der Waals surface area (Å²) in [6, 6.07) is 0. The third-order valence-electron chi connectivity index (χ3n) is 6.30. The van der Waals surface area contributed by atoms with Crippen molar-refractivity contribution >= 4 is 10.9 Å². The van der Waals surface area contributed by atoms with Crippen LogP contribution in [0.4, 0.5) is 0 Å². The highest BCUT2D eigenvalue weighted by atomic mass is 32.2. The van der Waals surface area contributed by atoms with Crippen molar-refractivity contribution in [2.75, 3.05) is 0 Å². The average molecular weight is 296 g/mol. The first-order valence-electron chi connectivity index (χ1n) is 9.52. The molecule has 3 fully saturated rings. The van der Waals surface area contributed by atoms with E-state index in [1.807, 2.05) is 0 Å². The predicted molar refractivity (Wildman–Crippen MR) is 92.6 cm³/mol. The molecule has 1 heteroatoms. The lowest BCUT2D eigenvalue weighted by Crippen LogP contribution is -2.50. The smallest absolute Gasteiger partial charge is 0.0529 e. The Morgan fingerprint density at radius 3 is 1.45 bits per heavy atom. The second kappa shape index (κ2) is 7.07. The van der Waals surface area contributed by atoms with Crippen molar-refractivity contribution in [3.63, 3.8) is 0 Å². The van der Waals surface area contributed by atoms with Crippen LogP contribution in [-0.2, 0) is 10.9 Å². The van der Waals surface area contributed by atoms with Crippen molar-refractivity contribution in [1.82, 2.24) is 0 Å². The minimum absolute atomic E-state index is 0.738. The van der Waals surface area contributed by atoms with Crippen LogP contribution in [0.1, 0.15) is 103 Å². The van der Waals surface area contributed by atoms with E-state index in [1.165, 1.54) is 57.8 Å². The summed E-state index contributed by atoms with van der Waals surface area (Å²) in [6.07, 6.45) is 23.2. The van der Waals surface area contributed by atoms with E-state index in [1.54, 1.807) is 38.5 Å². The van der Waals surface area contributed by atoms with Gasteiger partial charge in [0.15, 0.2) is 0 Å². The molecule has 0 aliphatic heterocycles. The minimum atomic E-state index is 0.738. The molecule has 0 N–H and O–H groups in total. The summed E-state index contributed by atoms with van der Waals surface area (Å²) < 4.78 is 0.738. The molecule has 0 saturated heterocycles. The SMILES string of the molecule is CC1([S+](C2CCCCC2)C2CCCCC2)CCCCC1. The van der Waals surface area contributed by atoms with Crippen LogP contribution in [0.25, 0.3) is 0 Å². The highest BCUT2D eigenvalue weighted by Gasteiger charge is 2.52. The molecule has 0 aromatic heterocycles. The predicted octanol–water partition coefficient (Wildman–Crippen LogP) is 5.99. The standard InChI is InChI=1S/C19H35S/c1-19(15-9-4-10-16-19)20(17-11-5-2-6-12-17)18-13-7-3-8-14-18/h17-18H,2-16H2,1H3/q+1. The molecule has 0 bridgehead atoms. The molecule has 3 aliphatic rings. The quantitative estimate of drug-likeness (QED) is 0.561. The molecule has 3 aliphatic carbocycles. The third kappa shape index (κ3) is 3.39. The molecule has 0 aromatic rings. The van der Waals surface area contributed by atoms with E-state index in [4.69, 9.17) is 0 Å². The van der Waals surface area contributed by atoms with Crippen molar-refractivity contribution in [3.05, 3.63) is 0 Å². The summed E-state index contributed by atoms with van der Waals surface area (Å²) in [7, 11) is 0.751. The van der Waals surface area contributed by atoms with Gasteiger partial charge in [-0.2, -0.15) is 0 Å². The van der Waals surface area contributed by atoms with Crippen molar-refractivity contribution in [2.24, 2.45) is 0 Å². The molecule has 0 nitrogen and oxygen atoms in total. The Hall–Kier alpha value is 0.350. The van der Waals surface area contributed by atoms with E-state index in [0.29, 0.717) is 0 Å². The van der Waals surface area contributed by atoms with Gasteiger partial charge in [-0.15, -0.1) is 0 Å². The van der Waals surface area contributed by atoms with Gasteiger partial charge < -0.3 is 0 Å². The highest BCUT2D eigenvalue weighted by Crippen LogP contribution is 2.46. The van der Waals surface area contributed by atoms with Gasteiger partial charge in [0.1, 0.15) is 15.2 Å². The normalized spacial score (nSPS) is 29.7. The summed E-state index contributed by atoms with van der Waals surface area (Å²) in [5.41, 5.74) is 0. The molecule has 0 aromatic carbocycles. The molecule has 3 rings (SSSR count). The number of hydrogen-bond acceptors (Lipinski definition) is 0. The van der Waals surface area contributed by atoms with Gasteiger partial charge >= 0.3 is 0 Å². The Labute approximate surface area is 129 Å². The van der Waals surface area contributed by atoms with E-state index >= 15 is 0 Å². The summed E-state index contributed by atoms with van der Waals surface area (Å²) >= 11 is 0. The van der Waals surface area contributed by atoms with Gasteiger partial charge in [-0.3, -0.25) is 0 Å². The lowest BCUT2D eigenvalue weighted by Gasteiger charge is -2.42. The summed E-state index contributed by atoms with van der Waals surface area (Å²) in [5, 5.41) is 2.24. The molecule has 116 valence electrons. The molecule has 20 heavy (non-hydrogen) atoms. The van der Waals surface area contributed by atoms with Gasteiger partial charge in [0.05, 0.1) is 0 Å². The zero-order chi connectivity index (χ0) is 13.8. The molecule has 0 amide bonds. The van der Waals surface area contributed by atoms with Crippen molar-refractivity contribution in [2.45, 2.75) is 118 Å². The van der Waals surface area contributed by atoms with Gasteiger partial charge in [0.2, 0.25) is 0 Å². The lowest BCUT2D eigenvalue weighted by atomic mass is 9.90. The zero-order valence-corrected chi connectivity index (χ0v) is 14.5. The van der Waals surface area contributed by atoms with E-state index in [0.717, 1.165) is 26.1 Å². The Balaban J connectivity index is 1.77. The largest absolute Gasteiger partial charge is 0.126 e. The zero-order valence-electron chi connectivity index (χ0n) is 13.7. The molecular weight excluding hydrogens is 260 g/mol. The fraction of sp³-hybridized carbons (Fsp3) is 1.00. The lowest BCUT2D eigenvalue weighted by molar-refractivity contribution is 0.400. The monoisotopic (exact) mass is 295 g/mol. The maximum absolute atomic E-state index is 2.71. The van der Waals surface area contributed by atoms with Crippen LogP contribution in [0, 0.1) is 0 Å². The van der Waals surface area contributed by atoms with Crippen LogP contribution >= 0.6 is 0 Å². The molecule has 0 unspecified atom stereocenters. The van der Waals surface area contributed by atoms with Gasteiger partial charge in [-0.25, -0.2) is 0 Å². The second-order valence-electron chi connectivity index (χ2n) is 7.90. The highest BCUT2D eigenvalue weighted by molar-refractivity contribution is 7.99. The van der Waals surface area contributed by atoms with E-state index < -0.39 is 0 Å². The molecule has 0 radical (unpaired) electrons. The van der Waals surface area contributed by atoms with Gasteiger partial charge in [0.25, 0.3) is 0 Å². The molecule has 0 spiro atoms. The van der Waals surface area contributed by atoms with E-state index in [9.17, 15) is 0 Å². The molecule has 3 saturated carbocycles. The average Bonchev–Trinajstić information content (AvgIpc) is 2.50. The summed E-state index contributed by atoms with van der Waals surface area (Å²) in [5.74, 6) is 0. The second-order valence-corrected chi connectivity index (χ2v) is 11.0. The van der Waals surface area contributed by atoms with Crippen LogP contribution in [0.2, 0.25) is 0 Å². The Morgan fingerprint density at radius 2 is 1.00 bits per heavy atom. The minimum Gasteiger partial charge on any atom is -0.0529 e. The van der Waals surface area contributed by atoms with Crippen LogP contribution < -0.4 is 0 Å². The first kappa shape index (κ1) is 15.3. The third-order valence-corrected chi connectivity index (χ3v) is 10.2. The van der Waals surface area contributed by atoms with Crippen molar-refractivity contribution in [1.29, 1.82) is 0 Å². The molecule has 0 atom stereocenters. The van der Waals surface area contributed by atoms with E-state index in [2.05, 4.69) is 6.92 Å². The van der Waals surface area contributed by atoms with Crippen LogP contribution in [0.15, 0.2) is 0 Å². The van der Waals surface area contributed by atoms with Crippen LogP contribution in [-0.4, -0.2) is 15.2 Å². The van der Waals surface area contributed by atoms with Crippen LogP contribution in [0.3, 0.4) is 0 Å².